The SMILES string of the molecule is Cl.[CH2-]C.[Zn+2].[c-]1ccccc1. The summed E-state index contributed by atoms with van der Waals surface area (Å²) in [6.45, 7) is 5.00. The fourth-order valence-electron chi connectivity index (χ4n) is 0.342. The van der Waals surface area contributed by atoms with Crippen molar-refractivity contribution in [2.45, 2.75) is 6.92 Å². The number of hydrogen-bond donors (Lipinski definition) is 0. The average Bonchev–Trinajstić information content (AvgIpc) is 1.96. The summed E-state index contributed by atoms with van der Waals surface area (Å²) in [5.74, 6) is 0. The third-order valence-corrected chi connectivity index (χ3v) is 0.607. The summed E-state index contributed by atoms with van der Waals surface area (Å²) in [5, 5.41) is 0. The van der Waals surface area contributed by atoms with E-state index in [1.165, 1.54) is 0 Å². The van der Waals surface area contributed by atoms with Gasteiger partial charge in [-0.2, -0.15) is 43.3 Å². The van der Waals surface area contributed by atoms with E-state index >= 15 is 0 Å². The second-order valence-electron chi connectivity index (χ2n) is 1.08. The molecule has 0 aliphatic heterocycles. The topological polar surface area (TPSA) is 0 Å². The van der Waals surface area contributed by atoms with Gasteiger partial charge in [-0.3, -0.25) is 0 Å². The van der Waals surface area contributed by atoms with Crippen molar-refractivity contribution < 1.29 is 19.5 Å². The fourth-order valence-corrected chi connectivity index (χ4v) is 0.342. The predicted octanol–water partition coefficient (Wildman–Crippen LogP) is 2.75. The molecule has 52 valence electrons. The standard InChI is InChI=1S/C6H5.C2H5.ClH.Zn/c1-2-4-6-5-3-1;1-2;;/h1-5H;1H2,2H3;1H;/q2*-1;;+2. The normalized spacial score (nSPS) is 5.40. The average molecular weight is 208 g/mol. The molecule has 1 rings (SSSR count). The van der Waals surface area contributed by atoms with E-state index in [0.717, 1.165) is 0 Å². The molecule has 0 saturated carbocycles. The van der Waals surface area contributed by atoms with Crippen LogP contribution in [0.2, 0.25) is 0 Å². The minimum absolute atomic E-state index is 0. The molecule has 0 nitrogen and oxygen atoms in total. The molecule has 0 N–H and O–H groups in total. The van der Waals surface area contributed by atoms with Gasteiger partial charge in [-0.25, -0.2) is 0 Å². The molecule has 0 aromatic heterocycles. The molecule has 0 saturated heterocycles. The van der Waals surface area contributed by atoms with Gasteiger partial charge < -0.3 is 6.92 Å². The Labute approximate surface area is 82.2 Å². The molecule has 0 radical (unpaired) electrons. The first-order valence-electron chi connectivity index (χ1n) is 2.62. The van der Waals surface area contributed by atoms with Gasteiger partial charge >= 0.3 is 19.5 Å². The van der Waals surface area contributed by atoms with E-state index < -0.39 is 0 Å². The molecule has 0 spiro atoms. The van der Waals surface area contributed by atoms with Crippen LogP contribution < -0.4 is 0 Å². The molecule has 1 aromatic rings. The number of halogens is 1. The fraction of sp³-hybridized carbons (Fsp3) is 0.125. The Morgan fingerprint density at radius 3 is 1.50 bits per heavy atom. The Kier molecular flexibility index (Phi) is 26.7. The predicted molar refractivity (Wildman–Crippen MR) is 43.6 cm³/mol. The summed E-state index contributed by atoms with van der Waals surface area (Å²) in [7, 11) is 0. The van der Waals surface area contributed by atoms with Crippen LogP contribution >= 0.6 is 12.4 Å². The van der Waals surface area contributed by atoms with Crippen LogP contribution in [0.3, 0.4) is 0 Å². The molecule has 0 fully saturated rings. The van der Waals surface area contributed by atoms with Crippen molar-refractivity contribution in [2.24, 2.45) is 0 Å². The van der Waals surface area contributed by atoms with Crippen LogP contribution in [0.1, 0.15) is 6.92 Å². The second-order valence-corrected chi connectivity index (χ2v) is 1.08. The van der Waals surface area contributed by atoms with E-state index in [9.17, 15) is 0 Å². The van der Waals surface area contributed by atoms with Crippen molar-refractivity contribution in [1.29, 1.82) is 0 Å². The van der Waals surface area contributed by atoms with Gasteiger partial charge in [0.15, 0.2) is 0 Å². The van der Waals surface area contributed by atoms with Gasteiger partial charge in [0.05, 0.1) is 0 Å². The maximum Gasteiger partial charge on any atom is 2.00 e. The molecular weight excluding hydrogens is 197 g/mol. The molecule has 2 heteroatoms. The zero-order chi connectivity index (χ0) is 6.24. The summed E-state index contributed by atoms with van der Waals surface area (Å²) in [5.41, 5.74) is 0. The van der Waals surface area contributed by atoms with Crippen LogP contribution in [0, 0.1) is 13.0 Å². The zero-order valence-corrected chi connectivity index (χ0v) is 9.99. The van der Waals surface area contributed by atoms with Crippen LogP contribution in [0.5, 0.6) is 0 Å². The molecule has 0 bridgehead atoms. The monoisotopic (exact) mass is 206 g/mol. The summed E-state index contributed by atoms with van der Waals surface area (Å²) in [6, 6.07) is 12.5. The Balaban J connectivity index is -0.000000114. The maximum absolute atomic E-state index is 3.25. The van der Waals surface area contributed by atoms with Crippen molar-refractivity contribution in [2.75, 3.05) is 0 Å². The Morgan fingerprint density at radius 1 is 1.00 bits per heavy atom. The van der Waals surface area contributed by atoms with Gasteiger partial charge in [-0.1, -0.05) is 0 Å². The van der Waals surface area contributed by atoms with Crippen molar-refractivity contribution in [1.82, 2.24) is 0 Å². The molecular formula is C8H11ClZn. The van der Waals surface area contributed by atoms with E-state index in [2.05, 4.69) is 13.0 Å². The Hall–Kier alpha value is 0.133. The van der Waals surface area contributed by atoms with Gasteiger partial charge in [0.1, 0.15) is 0 Å². The molecule has 0 aliphatic rings. The molecule has 1 aromatic carbocycles. The number of benzene rings is 1. The zero-order valence-electron chi connectivity index (χ0n) is 6.21. The maximum atomic E-state index is 3.25. The van der Waals surface area contributed by atoms with Crippen molar-refractivity contribution in [3.8, 4) is 0 Å². The van der Waals surface area contributed by atoms with E-state index in [-0.39, 0.29) is 31.9 Å². The summed E-state index contributed by atoms with van der Waals surface area (Å²) < 4.78 is 0. The van der Waals surface area contributed by atoms with Crippen molar-refractivity contribution >= 4 is 12.4 Å². The summed E-state index contributed by atoms with van der Waals surface area (Å²) in [6.07, 6.45) is 0. The van der Waals surface area contributed by atoms with Gasteiger partial charge in [0, 0.05) is 0 Å². The largest absolute Gasteiger partial charge is 2.00 e. The smallest absolute Gasteiger partial charge is 0.346 e. The van der Waals surface area contributed by atoms with E-state index in [0.29, 0.717) is 0 Å². The molecule has 0 atom stereocenters. The molecule has 0 amide bonds. The summed E-state index contributed by atoms with van der Waals surface area (Å²) in [4.78, 5) is 0. The molecule has 0 heterocycles. The van der Waals surface area contributed by atoms with Gasteiger partial charge in [0.25, 0.3) is 0 Å². The van der Waals surface area contributed by atoms with E-state index in [1.807, 2.05) is 30.3 Å². The van der Waals surface area contributed by atoms with Crippen LogP contribution in [0.15, 0.2) is 30.3 Å². The van der Waals surface area contributed by atoms with Crippen LogP contribution in [-0.2, 0) is 19.5 Å². The molecule has 0 aliphatic carbocycles. The van der Waals surface area contributed by atoms with Gasteiger partial charge in [0.2, 0.25) is 0 Å². The third-order valence-electron chi connectivity index (χ3n) is 0.607. The minimum Gasteiger partial charge on any atom is -0.346 e. The van der Waals surface area contributed by atoms with Crippen LogP contribution in [0.4, 0.5) is 0 Å². The van der Waals surface area contributed by atoms with Crippen LogP contribution in [0.25, 0.3) is 0 Å². The Bertz CT molecular complexity index is 81.2. The van der Waals surface area contributed by atoms with Crippen molar-refractivity contribution in [3.05, 3.63) is 43.3 Å². The third kappa shape index (κ3) is 11.0. The first-order valence-corrected chi connectivity index (χ1v) is 2.62. The quantitative estimate of drug-likeness (QED) is 0.454. The Morgan fingerprint density at radius 2 is 1.40 bits per heavy atom. The van der Waals surface area contributed by atoms with Crippen LogP contribution in [-0.4, -0.2) is 0 Å². The molecule has 0 unspecified atom stereocenters. The van der Waals surface area contributed by atoms with Gasteiger partial charge in [-0.05, 0) is 0 Å². The number of hydrogen-bond acceptors (Lipinski definition) is 0. The summed E-state index contributed by atoms with van der Waals surface area (Å²) >= 11 is 0. The first-order chi connectivity index (χ1) is 4.00. The minimum atomic E-state index is 0. The number of rotatable bonds is 0. The van der Waals surface area contributed by atoms with Gasteiger partial charge in [-0.15, -0.1) is 12.4 Å². The molecule has 10 heavy (non-hydrogen) atoms. The first kappa shape index (κ1) is 16.6. The van der Waals surface area contributed by atoms with Crippen molar-refractivity contribution in [3.63, 3.8) is 0 Å². The van der Waals surface area contributed by atoms with E-state index in [1.54, 1.807) is 6.92 Å². The van der Waals surface area contributed by atoms with E-state index in [4.69, 9.17) is 0 Å². The second kappa shape index (κ2) is 16.1.